The van der Waals surface area contributed by atoms with E-state index in [9.17, 15) is 4.79 Å². The Labute approximate surface area is 111 Å². The number of halogens is 1. The molecule has 18 heavy (non-hydrogen) atoms. The van der Waals surface area contributed by atoms with Crippen LogP contribution in [0.25, 0.3) is 0 Å². The highest BCUT2D eigenvalue weighted by molar-refractivity contribution is 6.34. The predicted octanol–water partition coefficient (Wildman–Crippen LogP) is 1.31. The van der Waals surface area contributed by atoms with E-state index < -0.39 is 0 Å². The molecule has 1 aromatic rings. The molecule has 1 rings (SSSR count). The first kappa shape index (κ1) is 14.8. The van der Waals surface area contributed by atoms with Crippen molar-refractivity contribution in [1.29, 1.82) is 0 Å². The van der Waals surface area contributed by atoms with E-state index in [1.54, 1.807) is 32.4 Å². The summed E-state index contributed by atoms with van der Waals surface area (Å²) >= 11 is 5.94. The van der Waals surface area contributed by atoms with Crippen LogP contribution >= 0.6 is 11.6 Å². The number of benzene rings is 1. The first-order valence-electron chi connectivity index (χ1n) is 5.43. The van der Waals surface area contributed by atoms with E-state index in [-0.39, 0.29) is 12.0 Å². The molecule has 1 unspecified atom stereocenters. The maximum Gasteiger partial charge on any atom is 0.252 e. The lowest BCUT2D eigenvalue weighted by atomic mass is 10.2. The predicted molar refractivity (Wildman–Crippen MR) is 70.9 cm³/mol. The van der Waals surface area contributed by atoms with Gasteiger partial charge in [-0.3, -0.25) is 4.79 Å². The van der Waals surface area contributed by atoms with Crippen LogP contribution in [0.4, 0.5) is 5.69 Å². The summed E-state index contributed by atoms with van der Waals surface area (Å²) in [6.45, 7) is 0.760. The lowest BCUT2D eigenvalue weighted by Crippen LogP contribution is -2.35. The van der Waals surface area contributed by atoms with Gasteiger partial charge in [-0.05, 0) is 18.2 Å². The number of nitrogens with one attached hydrogen (secondary N) is 1. The Balaban J connectivity index is 2.59. The number of ether oxygens (including phenoxy) is 2. The van der Waals surface area contributed by atoms with Gasteiger partial charge < -0.3 is 20.5 Å². The summed E-state index contributed by atoms with van der Waals surface area (Å²) in [7, 11) is 3.14. The second-order valence-electron chi connectivity index (χ2n) is 3.76. The second kappa shape index (κ2) is 7.20. The van der Waals surface area contributed by atoms with Crippen molar-refractivity contribution in [3.05, 3.63) is 28.8 Å². The van der Waals surface area contributed by atoms with Crippen LogP contribution in [0.5, 0.6) is 0 Å². The Kier molecular flexibility index (Phi) is 5.91. The molecule has 0 spiro atoms. The van der Waals surface area contributed by atoms with Crippen molar-refractivity contribution in [2.45, 2.75) is 6.10 Å². The summed E-state index contributed by atoms with van der Waals surface area (Å²) in [6.07, 6.45) is -0.188. The number of nitrogen functional groups attached to an aromatic ring is 1. The number of anilines is 1. The number of methoxy groups -OCH3 is 2. The third-order valence-corrected chi connectivity index (χ3v) is 2.73. The highest BCUT2D eigenvalue weighted by Gasteiger charge is 2.13. The topological polar surface area (TPSA) is 73.6 Å². The first-order valence-corrected chi connectivity index (χ1v) is 5.81. The Hall–Kier alpha value is -1.30. The molecule has 100 valence electrons. The van der Waals surface area contributed by atoms with Gasteiger partial charge in [0.15, 0.2) is 0 Å². The molecule has 5 nitrogen and oxygen atoms in total. The minimum absolute atomic E-state index is 0.188. The molecule has 0 heterocycles. The molecule has 0 aromatic heterocycles. The Morgan fingerprint density at radius 2 is 2.22 bits per heavy atom. The summed E-state index contributed by atoms with van der Waals surface area (Å²) in [5.74, 6) is -0.266. The zero-order valence-corrected chi connectivity index (χ0v) is 11.2. The van der Waals surface area contributed by atoms with Crippen LogP contribution in [0.2, 0.25) is 5.02 Å². The van der Waals surface area contributed by atoms with Crippen molar-refractivity contribution < 1.29 is 14.3 Å². The molecule has 0 aliphatic carbocycles. The second-order valence-corrected chi connectivity index (χ2v) is 4.17. The first-order chi connectivity index (χ1) is 8.58. The van der Waals surface area contributed by atoms with Crippen molar-refractivity contribution in [2.75, 3.05) is 33.1 Å². The molecule has 0 saturated heterocycles. The van der Waals surface area contributed by atoms with Gasteiger partial charge in [0.05, 0.1) is 23.3 Å². The zero-order chi connectivity index (χ0) is 13.5. The fourth-order valence-electron chi connectivity index (χ4n) is 1.41. The van der Waals surface area contributed by atoms with Crippen LogP contribution in [0.15, 0.2) is 18.2 Å². The van der Waals surface area contributed by atoms with Crippen molar-refractivity contribution >= 4 is 23.2 Å². The molecule has 6 heteroatoms. The maximum atomic E-state index is 11.9. The van der Waals surface area contributed by atoms with Gasteiger partial charge in [-0.1, -0.05) is 11.6 Å². The molecule has 1 atom stereocenters. The van der Waals surface area contributed by atoms with Crippen molar-refractivity contribution in [2.24, 2.45) is 0 Å². The Bertz CT molecular complexity index is 412. The van der Waals surface area contributed by atoms with Gasteiger partial charge in [-0.15, -0.1) is 0 Å². The van der Waals surface area contributed by atoms with Crippen LogP contribution in [0.1, 0.15) is 10.4 Å². The Morgan fingerprint density at radius 3 is 2.78 bits per heavy atom. The van der Waals surface area contributed by atoms with E-state index >= 15 is 0 Å². The monoisotopic (exact) mass is 272 g/mol. The summed E-state index contributed by atoms with van der Waals surface area (Å²) in [6, 6.07) is 4.76. The fourth-order valence-corrected chi connectivity index (χ4v) is 1.69. The smallest absolute Gasteiger partial charge is 0.252 e. The number of carbonyl (C=O) groups excluding carboxylic acids is 1. The van der Waals surface area contributed by atoms with E-state index in [4.69, 9.17) is 26.8 Å². The van der Waals surface area contributed by atoms with Crippen LogP contribution in [0, 0.1) is 0 Å². The van der Waals surface area contributed by atoms with Gasteiger partial charge in [0.2, 0.25) is 0 Å². The minimum atomic E-state index is -0.266. The van der Waals surface area contributed by atoms with Gasteiger partial charge >= 0.3 is 0 Å². The van der Waals surface area contributed by atoms with Gasteiger partial charge in [-0.2, -0.15) is 0 Å². The summed E-state index contributed by atoms with van der Waals surface area (Å²) in [5, 5.41) is 3.05. The van der Waals surface area contributed by atoms with Crippen LogP contribution in [-0.2, 0) is 9.47 Å². The van der Waals surface area contributed by atoms with E-state index in [1.807, 2.05) is 0 Å². The SMILES string of the molecule is COCC(CNC(=O)c1ccc(N)cc1Cl)OC. The standard InChI is InChI=1S/C12H17ClN2O3/c1-17-7-9(18-2)6-15-12(16)10-4-3-8(14)5-11(10)13/h3-5,9H,6-7,14H2,1-2H3,(H,15,16). The largest absolute Gasteiger partial charge is 0.399 e. The summed E-state index contributed by atoms with van der Waals surface area (Å²) < 4.78 is 10.1. The van der Waals surface area contributed by atoms with E-state index in [1.165, 1.54) is 0 Å². The van der Waals surface area contributed by atoms with Gasteiger partial charge in [-0.25, -0.2) is 0 Å². The average molecular weight is 273 g/mol. The van der Waals surface area contributed by atoms with Gasteiger partial charge in [0.25, 0.3) is 5.91 Å². The van der Waals surface area contributed by atoms with Crippen molar-refractivity contribution in [3.8, 4) is 0 Å². The molecule has 0 fully saturated rings. The Morgan fingerprint density at radius 1 is 1.50 bits per heavy atom. The van der Waals surface area contributed by atoms with Crippen LogP contribution < -0.4 is 11.1 Å². The highest BCUT2D eigenvalue weighted by Crippen LogP contribution is 2.18. The van der Waals surface area contributed by atoms with E-state index in [2.05, 4.69) is 5.32 Å². The van der Waals surface area contributed by atoms with Gasteiger partial charge in [0.1, 0.15) is 0 Å². The van der Waals surface area contributed by atoms with E-state index in [0.29, 0.717) is 29.4 Å². The molecule has 3 N–H and O–H groups in total. The third-order valence-electron chi connectivity index (χ3n) is 2.41. The minimum Gasteiger partial charge on any atom is -0.399 e. The molecule has 0 aliphatic heterocycles. The number of nitrogens with two attached hydrogens (primary N) is 1. The maximum absolute atomic E-state index is 11.9. The number of rotatable bonds is 6. The van der Waals surface area contributed by atoms with Crippen LogP contribution in [0.3, 0.4) is 0 Å². The van der Waals surface area contributed by atoms with Crippen LogP contribution in [-0.4, -0.2) is 39.4 Å². The van der Waals surface area contributed by atoms with Crippen molar-refractivity contribution in [1.82, 2.24) is 5.32 Å². The number of carbonyl (C=O) groups is 1. The molecule has 0 aliphatic rings. The lowest BCUT2D eigenvalue weighted by Gasteiger charge is -2.15. The summed E-state index contributed by atoms with van der Waals surface area (Å²) in [5.41, 5.74) is 6.46. The highest BCUT2D eigenvalue weighted by atomic mass is 35.5. The quantitative estimate of drug-likeness (QED) is 0.766. The molecule has 0 radical (unpaired) electrons. The number of amides is 1. The molecular weight excluding hydrogens is 256 g/mol. The summed E-state index contributed by atoms with van der Waals surface area (Å²) in [4.78, 5) is 11.9. The van der Waals surface area contributed by atoms with Crippen molar-refractivity contribution in [3.63, 3.8) is 0 Å². The van der Waals surface area contributed by atoms with E-state index in [0.717, 1.165) is 0 Å². The molecule has 0 saturated carbocycles. The molecule has 1 amide bonds. The zero-order valence-electron chi connectivity index (χ0n) is 10.4. The number of hydrogen-bond donors (Lipinski definition) is 2. The fraction of sp³-hybridized carbons (Fsp3) is 0.417. The molecular formula is C12H17ClN2O3. The molecule has 1 aromatic carbocycles. The lowest BCUT2D eigenvalue weighted by molar-refractivity contribution is 0.0285. The molecule has 0 bridgehead atoms. The number of hydrogen-bond acceptors (Lipinski definition) is 4. The average Bonchev–Trinajstić information content (AvgIpc) is 2.34. The third kappa shape index (κ3) is 4.18. The normalized spacial score (nSPS) is 12.2. The van der Waals surface area contributed by atoms with Gasteiger partial charge in [0, 0.05) is 26.5 Å².